The van der Waals surface area contributed by atoms with Crippen LogP contribution in [0.25, 0.3) is 106 Å². The van der Waals surface area contributed by atoms with Gasteiger partial charge >= 0.3 is 0 Å². The average molecular weight is 717 g/mol. The Morgan fingerprint density at radius 1 is 0.357 bits per heavy atom. The molecule has 0 bridgehead atoms. The molecular weight excluding hydrogens is 685 g/mol. The van der Waals surface area contributed by atoms with Crippen molar-refractivity contribution < 1.29 is 4.42 Å². The van der Waals surface area contributed by atoms with Gasteiger partial charge in [-0.25, -0.2) is 15.0 Å². The van der Waals surface area contributed by atoms with Gasteiger partial charge in [-0.1, -0.05) is 158 Å². The lowest BCUT2D eigenvalue weighted by Crippen LogP contribution is -2.00. The molecule has 0 aliphatic heterocycles. The third-order valence-corrected chi connectivity index (χ3v) is 10.7. The van der Waals surface area contributed by atoms with Gasteiger partial charge in [0.05, 0.1) is 16.7 Å². The molecule has 0 aliphatic rings. The second kappa shape index (κ2) is 13.0. The van der Waals surface area contributed by atoms with Gasteiger partial charge in [0.2, 0.25) is 0 Å². The Morgan fingerprint density at radius 2 is 0.911 bits per heavy atom. The summed E-state index contributed by atoms with van der Waals surface area (Å²) in [6.45, 7) is 0. The van der Waals surface area contributed by atoms with Gasteiger partial charge in [0.1, 0.15) is 5.58 Å². The lowest BCUT2D eigenvalue weighted by Gasteiger charge is -2.10. The zero-order valence-electron chi connectivity index (χ0n) is 30.2. The molecule has 0 N–H and O–H groups in total. The van der Waals surface area contributed by atoms with Crippen molar-refractivity contribution >= 4 is 43.7 Å². The summed E-state index contributed by atoms with van der Waals surface area (Å²) in [5.41, 5.74) is 12.1. The summed E-state index contributed by atoms with van der Waals surface area (Å²) in [5, 5.41) is 4.34. The fourth-order valence-corrected chi connectivity index (χ4v) is 8.05. The quantitative estimate of drug-likeness (QED) is 0.172. The minimum absolute atomic E-state index is 0.586. The van der Waals surface area contributed by atoms with Crippen LogP contribution in [0, 0.1) is 0 Å². The molecule has 0 spiro atoms. The van der Waals surface area contributed by atoms with Crippen LogP contribution < -0.4 is 0 Å². The van der Waals surface area contributed by atoms with Crippen LogP contribution in [0.3, 0.4) is 0 Å². The number of benzene rings is 8. The second-order valence-corrected chi connectivity index (χ2v) is 14.0. The van der Waals surface area contributed by atoms with Gasteiger partial charge in [-0.3, -0.25) is 0 Å². The van der Waals surface area contributed by atoms with E-state index in [1.165, 1.54) is 21.9 Å². The SMILES string of the molecule is c1ccc(-c2cccc(-c3nc(-c4ccccc4)nc(-c4cccc5oc6c(-n7c8ccccc8c8cc(-c9ccccc9)ccc87)cccc6c45)n3)c2)cc1. The molecular formula is C51H32N4O. The Kier molecular flexibility index (Phi) is 7.42. The molecule has 0 radical (unpaired) electrons. The highest BCUT2D eigenvalue weighted by Gasteiger charge is 2.22. The Bertz CT molecular complexity index is 3240. The molecule has 3 aromatic heterocycles. The Labute approximate surface area is 322 Å². The molecule has 0 saturated carbocycles. The van der Waals surface area contributed by atoms with E-state index in [-0.39, 0.29) is 0 Å². The fraction of sp³-hybridized carbons (Fsp3) is 0. The maximum absolute atomic E-state index is 6.86. The third-order valence-electron chi connectivity index (χ3n) is 10.7. The molecule has 0 fully saturated rings. The number of aromatic nitrogens is 4. The van der Waals surface area contributed by atoms with E-state index in [1.54, 1.807) is 0 Å². The molecule has 5 heteroatoms. The maximum atomic E-state index is 6.86. The molecule has 0 atom stereocenters. The van der Waals surface area contributed by atoms with E-state index in [1.807, 2.05) is 48.5 Å². The summed E-state index contributed by atoms with van der Waals surface area (Å²) in [6, 6.07) is 67.3. The van der Waals surface area contributed by atoms with E-state index in [0.29, 0.717) is 17.5 Å². The molecule has 0 saturated heterocycles. The fourth-order valence-electron chi connectivity index (χ4n) is 8.05. The van der Waals surface area contributed by atoms with E-state index < -0.39 is 0 Å². The van der Waals surface area contributed by atoms with Crippen LogP contribution in [0.1, 0.15) is 0 Å². The monoisotopic (exact) mass is 716 g/mol. The number of hydrogen-bond acceptors (Lipinski definition) is 4. The van der Waals surface area contributed by atoms with Crippen LogP contribution in [0.4, 0.5) is 0 Å². The van der Waals surface area contributed by atoms with Crippen molar-refractivity contribution in [3.63, 3.8) is 0 Å². The second-order valence-electron chi connectivity index (χ2n) is 14.0. The first-order valence-corrected chi connectivity index (χ1v) is 18.8. The normalized spacial score (nSPS) is 11.6. The van der Waals surface area contributed by atoms with Crippen LogP contribution >= 0.6 is 0 Å². The van der Waals surface area contributed by atoms with Crippen molar-refractivity contribution in [3.05, 3.63) is 194 Å². The molecule has 262 valence electrons. The third kappa shape index (κ3) is 5.29. The van der Waals surface area contributed by atoms with Crippen LogP contribution in [-0.4, -0.2) is 19.5 Å². The molecule has 8 aromatic carbocycles. The van der Waals surface area contributed by atoms with Crippen molar-refractivity contribution in [2.45, 2.75) is 0 Å². The maximum Gasteiger partial charge on any atom is 0.164 e. The van der Waals surface area contributed by atoms with E-state index in [4.69, 9.17) is 19.4 Å². The van der Waals surface area contributed by atoms with Gasteiger partial charge in [-0.15, -0.1) is 0 Å². The van der Waals surface area contributed by atoms with Crippen LogP contribution in [0.15, 0.2) is 199 Å². The van der Waals surface area contributed by atoms with E-state index in [9.17, 15) is 0 Å². The van der Waals surface area contributed by atoms with Crippen molar-refractivity contribution in [1.82, 2.24) is 19.5 Å². The van der Waals surface area contributed by atoms with E-state index in [2.05, 4.69) is 150 Å². The molecule has 0 aliphatic carbocycles. The number of nitrogens with zero attached hydrogens (tertiary/aromatic N) is 4. The summed E-state index contributed by atoms with van der Waals surface area (Å²) < 4.78 is 9.19. The number of hydrogen-bond donors (Lipinski definition) is 0. The minimum Gasteiger partial charge on any atom is -0.454 e. The highest BCUT2D eigenvalue weighted by Crippen LogP contribution is 2.42. The van der Waals surface area contributed by atoms with Gasteiger partial charge in [0.25, 0.3) is 0 Å². The molecule has 3 heterocycles. The van der Waals surface area contributed by atoms with Gasteiger partial charge in [-0.05, 0) is 58.7 Å². The van der Waals surface area contributed by atoms with Crippen molar-refractivity contribution in [2.24, 2.45) is 0 Å². The molecule has 56 heavy (non-hydrogen) atoms. The summed E-state index contributed by atoms with van der Waals surface area (Å²) in [7, 11) is 0. The first-order valence-electron chi connectivity index (χ1n) is 18.8. The van der Waals surface area contributed by atoms with Gasteiger partial charge in [-0.2, -0.15) is 0 Å². The molecule has 11 rings (SSSR count). The zero-order chi connectivity index (χ0) is 37.0. The predicted molar refractivity (Wildman–Crippen MR) is 229 cm³/mol. The lowest BCUT2D eigenvalue weighted by atomic mass is 10.0. The van der Waals surface area contributed by atoms with Crippen LogP contribution in [-0.2, 0) is 0 Å². The smallest absolute Gasteiger partial charge is 0.164 e. The Balaban J connectivity index is 1.12. The van der Waals surface area contributed by atoms with Crippen molar-refractivity contribution in [1.29, 1.82) is 0 Å². The molecule has 0 unspecified atom stereocenters. The minimum atomic E-state index is 0.586. The molecule has 11 aromatic rings. The molecule has 5 nitrogen and oxygen atoms in total. The Hall–Kier alpha value is -7.63. The first-order chi connectivity index (χ1) is 27.8. The van der Waals surface area contributed by atoms with Crippen LogP contribution in [0.5, 0.6) is 0 Å². The van der Waals surface area contributed by atoms with Gasteiger partial charge in [0, 0.05) is 38.2 Å². The number of fused-ring (bicyclic) bond motifs is 6. The van der Waals surface area contributed by atoms with Crippen molar-refractivity contribution in [2.75, 3.05) is 0 Å². The average Bonchev–Trinajstić information content (AvgIpc) is 3.83. The summed E-state index contributed by atoms with van der Waals surface area (Å²) in [4.78, 5) is 15.4. The van der Waals surface area contributed by atoms with E-state index in [0.717, 1.165) is 66.5 Å². The summed E-state index contributed by atoms with van der Waals surface area (Å²) in [6.07, 6.45) is 0. The lowest BCUT2D eigenvalue weighted by molar-refractivity contribution is 0.666. The Morgan fingerprint density at radius 3 is 1.68 bits per heavy atom. The standard InChI is InChI=1S/C51H32N4O/c1-4-15-33(16-5-1)36-21-12-22-38(31-36)50-52-49(35-19-8-3-9-20-35)53-51(54-50)41-25-14-28-46-47(41)40-24-13-27-45(48(40)56-46)55-43-26-11-10-23-39(43)42-32-37(29-30-44(42)55)34-17-6-2-7-18-34/h1-32H. The number of rotatable bonds is 6. The highest BCUT2D eigenvalue weighted by atomic mass is 16.3. The number of para-hydroxylation sites is 2. The largest absolute Gasteiger partial charge is 0.454 e. The number of furan rings is 1. The molecule has 0 amide bonds. The topological polar surface area (TPSA) is 56.7 Å². The van der Waals surface area contributed by atoms with Crippen molar-refractivity contribution in [3.8, 4) is 62.1 Å². The summed E-state index contributed by atoms with van der Waals surface area (Å²) >= 11 is 0. The van der Waals surface area contributed by atoms with Crippen LogP contribution in [0.2, 0.25) is 0 Å². The van der Waals surface area contributed by atoms with Gasteiger partial charge < -0.3 is 8.98 Å². The first kappa shape index (κ1) is 31.9. The van der Waals surface area contributed by atoms with Gasteiger partial charge in [0.15, 0.2) is 23.1 Å². The predicted octanol–water partition coefficient (Wildman–Crippen LogP) is 13.2. The van der Waals surface area contributed by atoms with E-state index >= 15 is 0 Å². The summed E-state index contributed by atoms with van der Waals surface area (Å²) in [5.74, 6) is 1.81. The zero-order valence-corrected chi connectivity index (χ0v) is 30.2. The highest BCUT2D eigenvalue weighted by molar-refractivity contribution is 6.16.